The quantitative estimate of drug-likeness (QED) is 0.824. The summed E-state index contributed by atoms with van der Waals surface area (Å²) in [6.07, 6.45) is 0.948. The van der Waals surface area contributed by atoms with Crippen LogP contribution in [0.1, 0.15) is 17.5 Å². The Bertz CT molecular complexity index is 317. The maximum Gasteiger partial charge on any atom is 0.140 e. The summed E-state index contributed by atoms with van der Waals surface area (Å²) in [6, 6.07) is 7.80. The van der Waals surface area contributed by atoms with Gasteiger partial charge >= 0.3 is 0 Å². The van der Waals surface area contributed by atoms with Crippen molar-refractivity contribution in [1.82, 2.24) is 0 Å². The van der Waals surface area contributed by atoms with Crippen LogP contribution < -0.4 is 5.73 Å². The first-order valence-electron chi connectivity index (χ1n) is 5.26. The molecule has 1 atom stereocenters. The number of benzene rings is 1. The fourth-order valence-corrected chi connectivity index (χ4v) is 1.88. The third kappa shape index (κ3) is 2.55. The van der Waals surface area contributed by atoms with Gasteiger partial charge in [0.25, 0.3) is 0 Å². The number of rotatable bonds is 3. The first-order chi connectivity index (χ1) is 7.22. The van der Waals surface area contributed by atoms with E-state index in [-0.39, 0.29) is 6.61 Å². The Morgan fingerprint density at radius 2 is 1.93 bits per heavy atom. The maximum atomic E-state index is 14.0. The Morgan fingerprint density at radius 3 is 2.47 bits per heavy atom. The summed E-state index contributed by atoms with van der Waals surface area (Å²) in [5, 5.41) is 0. The van der Waals surface area contributed by atoms with Gasteiger partial charge < -0.3 is 10.5 Å². The van der Waals surface area contributed by atoms with Gasteiger partial charge in [0.1, 0.15) is 5.67 Å². The van der Waals surface area contributed by atoms with Crippen LogP contribution in [0.5, 0.6) is 0 Å². The summed E-state index contributed by atoms with van der Waals surface area (Å²) in [4.78, 5) is 0. The van der Waals surface area contributed by atoms with Crippen molar-refractivity contribution >= 4 is 0 Å². The van der Waals surface area contributed by atoms with Crippen molar-refractivity contribution in [2.75, 3.05) is 13.2 Å². The maximum absolute atomic E-state index is 14.0. The summed E-state index contributed by atoms with van der Waals surface area (Å²) in [5.74, 6) is 0. The van der Waals surface area contributed by atoms with Crippen LogP contribution in [0.3, 0.4) is 0 Å². The molecule has 0 aliphatic carbocycles. The van der Waals surface area contributed by atoms with Crippen molar-refractivity contribution in [3.63, 3.8) is 0 Å². The van der Waals surface area contributed by atoms with Gasteiger partial charge in [0.15, 0.2) is 0 Å². The molecule has 2 nitrogen and oxygen atoms in total. The molecule has 0 saturated carbocycles. The first kappa shape index (κ1) is 10.6. The lowest BCUT2D eigenvalue weighted by Crippen LogP contribution is -2.25. The van der Waals surface area contributed by atoms with Gasteiger partial charge in [-0.1, -0.05) is 24.3 Å². The Labute approximate surface area is 89.2 Å². The van der Waals surface area contributed by atoms with Crippen LogP contribution in [0.25, 0.3) is 0 Å². The summed E-state index contributed by atoms with van der Waals surface area (Å²) in [7, 11) is 0. The van der Waals surface area contributed by atoms with Crippen LogP contribution in [-0.2, 0) is 17.7 Å². The molecule has 1 aliphatic heterocycles. The molecule has 0 amide bonds. The van der Waals surface area contributed by atoms with Gasteiger partial charge in [0, 0.05) is 26.0 Å². The number of nitrogens with two attached hydrogens (primary N) is 1. The highest BCUT2D eigenvalue weighted by Gasteiger charge is 2.34. The normalized spacial score (nSPS) is 25.7. The fourth-order valence-electron chi connectivity index (χ4n) is 1.88. The lowest BCUT2D eigenvalue weighted by Gasteiger charge is -2.17. The molecule has 2 N–H and O–H groups in total. The van der Waals surface area contributed by atoms with Crippen LogP contribution in [-0.4, -0.2) is 18.9 Å². The number of alkyl halides is 1. The van der Waals surface area contributed by atoms with Gasteiger partial charge in [-0.2, -0.15) is 0 Å². The summed E-state index contributed by atoms with van der Waals surface area (Å²) < 4.78 is 19.1. The number of ether oxygens (including phenoxy) is 1. The molecule has 1 aliphatic rings. The standard InChI is InChI=1S/C12H16FNO/c13-12(5-6-15-9-12)7-10-1-3-11(8-14)4-2-10/h1-4H,5-9,14H2. The molecule has 1 fully saturated rings. The molecular formula is C12H16FNO. The SMILES string of the molecule is NCc1ccc(CC2(F)CCOC2)cc1. The van der Waals surface area contributed by atoms with E-state index >= 15 is 0 Å². The van der Waals surface area contributed by atoms with Crippen molar-refractivity contribution in [1.29, 1.82) is 0 Å². The van der Waals surface area contributed by atoms with E-state index < -0.39 is 5.67 Å². The van der Waals surface area contributed by atoms with Crippen LogP contribution in [0.2, 0.25) is 0 Å². The third-order valence-corrected chi connectivity index (χ3v) is 2.83. The smallest absolute Gasteiger partial charge is 0.140 e. The Balaban J connectivity index is 2.04. The second-order valence-electron chi connectivity index (χ2n) is 4.15. The van der Waals surface area contributed by atoms with Crippen molar-refractivity contribution in [3.8, 4) is 0 Å². The van der Waals surface area contributed by atoms with Crippen LogP contribution in [0.15, 0.2) is 24.3 Å². The highest BCUT2D eigenvalue weighted by atomic mass is 19.1. The lowest BCUT2D eigenvalue weighted by atomic mass is 9.95. The molecule has 15 heavy (non-hydrogen) atoms. The molecule has 1 saturated heterocycles. The molecule has 0 spiro atoms. The van der Waals surface area contributed by atoms with Crippen molar-refractivity contribution < 1.29 is 9.13 Å². The summed E-state index contributed by atoms with van der Waals surface area (Å²) >= 11 is 0. The zero-order valence-corrected chi connectivity index (χ0v) is 8.71. The fraction of sp³-hybridized carbons (Fsp3) is 0.500. The zero-order valence-electron chi connectivity index (χ0n) is 8.71. The Morgan fingerprint density at radius 1 is 1.27 bits per heavy atom. The molecule has 0 aromatic heterocycles. The van der Waals surface area contributed by atoms with E-state index in [1.807, 2.05) is 24.3 Å². The largest absolute Gasteiger partial charge is 0.378 e. The molecule has 1 aromatic rings. The molecule has 0 radical (unpaired) electrons. The highest BCUT2D eigenvalue weighted by molar-refractivity contribution is 5.24. The van der Waals surface area contributed by atoms with E-state index in [0.717, 1.165) is 11.1 Å². The van der Waals surface area contributed by atoms with Gasteiger partial charge in [-0.05, 0) is 11.1 Å². The predicted molar refractivity (Wildman–Crippen MR) is 57.3 cm³/mol. The minimum Gasteiger partial charge on any atom is -0.378 e. The number of hydrogen-bond acceptors (Lipinski definition) is 2. The van der Waals surface area contributed by atoms with Crippen LogP contribution in [0.4, 0.5) is 4.39 Å². The van der Waals surface area contributed by atoms with Gasteiger partial charge in [-0.15, -0.1) is 0 Å². The first-order valence-corrected chi connectivity index (χ1v) is 5.26. The Kier molecular flexibility index (Phi) is 3.03. The molecule has 3 heteroatoms. The highest BCUT2D eigenvalue weighted by Crippen LogP contribution is 2.27. The summed E-state index contributed by atoms with van der Waals surface area (Å²) in [5.41, 5.74) is 6.43. The average Bonchev–Trinajstić information content (AvgIpc) is 2.66. The average molecular weight is 209 g/mol. The van der Waals surface area contributed by atoms with Gasteiger partial charge in [-0.3, -0.25) is 0 Å². The molecule has 1 unspecified atom stereocenters. The van der Waals surface area contributed by atoms with E-state index in [0.29, 0.717) is 26.0 Å². The minimum atomic E-state index is -1.16. The molecule has 82 valence electrons. The number of halogens is 1. The Hall–Kier alpha value is -0.930. The molecular weight excluding hydrogens is 193 g/mol. The van der Waals surface area contributed by atoms with Crippen LogP contribution >= 0.6 is 0 Å². The van der Waals surface area contributed by atoms with Crippen molar-refractivity contribution in [2.45, 2.75) is 25.1 Å². The molecule has 1 aromatic carbocycles. The van der Waals surface area contributed by atoms with Gasteiger partial charge in [0.05, 0.1) is 6.61 Å². The summed E-state index contributed by atoms with van der Waals surface area (Å²) in [6.45, 7) is 1.30. The molecule has 0 bridgehead atoms. The lowest BCUT2D eigenvalue weighted by molar-refractivity contribution is 0.112. The van der Waals surface area contributed by atoms with E-state index in [1.54, 1.807) is 0 Å². The molecule has 1 heterocycles. The number of hydrogen-bond donors (Lipinski definition) is 1. The van der Waals surface area contributed by atoms with Gasteiger partial charge in [-0.25, -0.2) is 4.39 Å². The van der Waals surface area contributed by atoms with Crippen molar-refractivity contribution in [3.05, 3.63) is 35.4 Å². The third-order valence-electron chi connectivity index (χ3n) is 2.83. The molecule has 2 rings (SSSR count). The van der Waals surface area contributed by atoms with E-state index in [9.17, 15) is 4.39 Å². The monoisotopic (exact) mass is 209 g/mol. The topological polar surface area (TPSA) is 35.2 Å². The van der Waals surface area contributed by atoms with E-state index in [4.69, 9.17) is 10.5 Å². The second kappa shape index (κ2) is 4.29. The van der Waals surface area contributed by atoms with Gasteiger partial charge in [0.2, 0.25) is 0 Å². The van der Waals surface area contributed by atoms with Crippen molar-refractivity contribution in [2.24, 2.45) is 5.73 Å². The zero-order chi connectivity index (χ0) is 10.7. The van der Waals surface area contributed by atoms with E-state index in [1.165, 1.54) is 0 Å². The minimum absolute atomic E-state index is 0.228. The van der Waals surface area contributed by atoms with Crippen LogP contribution in [0, 0.1) is 0 Å². The second-order valence-corrected chi connectivity index (χ2v) is 4.15. The van der Waals surface area contributed by atoms with E-state index in [2.05, 4.69) is 0 Å². The predicted octanol–water partition coefficient (Wildman–Crippen LogP) is 1.82.